The van der Waals surface area contributed by atoms with Gasteiger partial charge in [0.15, 0.2) is 0 Å². The van der Waals surface area contributed by atoms with Gasteiger partial charge in [0, 0.05) is 31.9 Å². The molecule has 0 atom stereocenters. The van der Waals surface area contributed by atoms with Gasteiger partial charge in [-0.05, 0) is 36.4 Å². The van der Waals surface area contributed by atoms with Gasteiger partial charge in [0.05, 0.1) is 11.9 Å². The van der Waals surface area contributed by atoms with Crippen LogP contribution in [0.4, 0.5) is 15.8 Å². The highest BCUT2D eigenvalue weighted by Crippen LogP contribution is 2.19. The predicted molar refractivity (Wildman–Crippen MR) is 104 cm³/mol. The van der Waals surface area contributed by atoms with Crippen LogP contribution in [0.5, 0.6) is 0 Å². The van der Waals surface area contributed by atoms with Crippen molar-refractivity contribution in [2.75, 3.05) is 48.2 Å². The summed E-state index contributed by atoms with van der Waals surface area (Å²) in [6, 6.07) is 15.0. The maximum atomic E-state index is 13.1. The Morgan fingerprint density at radius 2 is 1.59 bits per heavy atom. The second kappa shape index (κ2) is 7.96. The average molecular weight is 391 g/mol. The number of hydrogen-bond donors (Lipinski definition) is 0. The van der Waals surface area contributed by atoms with E-state index >= 15 is 0 Å². The van der Waals surface area contributed by atoms with Crippen molar-refractivity contribution < 1.29 is 17.6 Å². The van der Waals surface area contributed by atoms with Gasteiger partial charge >= 0.3 is 0 Å². The quantitative estimate of drug-likeness (QED) is 0.782. The number of halogens is 1. The second-order valence-corrected chi connectivity index (χ2v) is 8.36. The van der Waals surface area contributed by atoms with Gasteiger partial charge in [-0.15, -0.1) is 0 Å². The molecule has 0 unspecified atom stereocenters. The molecule has 6 nitrogen and oxygen atoms in total. The van der Waals surface area contributed by atoms with Crippen LogP contribution in [0.3, 0.4) is 0 Å². The molecule has 27 heavy (non-hydrogen) atoms. The van der Waals surface area contributed by atoms with Crippen molar-refractivity contribution in [3.05, 3.63) is 60.4 Å². The fourth-order valence-electron chi connectivity index (χ4n) is 3.08. The van der Waals surface area contributed by atoms with Gasteiger partial charge in [-0.25, -0.2) is 12.8 Å². The number of rotatable bonds is 5. The van der Waals surface area contributed by atoms with Crippen LogP contribution >= 0.6 is 0 Å². The minimum absolute atomic E-state index is 0.266. The SMILES string of the molecule is CS(=O)(=O)N(CC(=O)N1CCN(c2ccccc2)CC1)c1ccc(F)cc1. The van der Waals surface area contributed by atoms with Gasteiger partial charge in [-0.3, -0.25) is 9.10 Å². The fourth-order valence-corrected chi connectivity index (χ4v) is 3.93. The molecule has 1 amide bonds. The topological polar surface area (TPSA) is 60.9 Å². The molecule has 1 fully saturated rings. The summed E-state index contributed by atoms with van der Waals surface area (Å²) in [7, 11) is -3.67. The highest BCUT2D eigenvalue weighted by molar-refractivity contribution is 7.92. The minimum Gasteiger partial charge on any atom is -0.368 e. The number of anilines is 2. The van der Waals surface area contributed by atoms with Crippen molar-refractivity contribution in [3.8, 4) is 0 Å². The summed E-state index contributed by atoms with van der Waals surface area (Å²) in [4.78, 5) is 16.5. The first-order valence-corrected chi connectivity index (χ1v) is 10.5. The monoisotopic (exact) mass is 391 g/mol. The average Bonchev–Trinajstić information content (AvgIpc) is 2.67. The molecule has 2 aromatic carbocycles. The molecule has 0 N–H and O–H groups in total. The molecule has 8 heteroatoms. The largest absolute Gasteiger partial charge is 0.368 e. The summed E-state index contributed by atoms with van der Waals surface area (Å²) in [6.07, 6.45) is 1.04. The third-order valence-electron chi connectivity index (χ3n) is 4.55. The number of carbonyl (C=O) groups is 1. The first-order valence-electron chi connectivity index (χ1n) is 8.65. The van der Waals surface area contributed by atoms with Gasteiger partial charge in [0.1, 0.15) is 12.4 Å². The summed E-state index contributed by atoms with van der Waals surface area (Å²) in [5.41, 5.74) is 1.38. The second-order valence-electron chi connectivity index (χ2n) is 6.45. The number of para-hydroxylation sites is 1. The Balaban J connectivity index is 1.66. The summed E-state index contributed by atoms with van der Waals surface area (Å²) in [6.45, 7) is 2.12. The number of piperazine rings is 1. The van der Waals surface area contributed by atoms with E-state index in [0.29, 0.717) is 26.2 Å². The zero-order chi connectivity index (χ0) is 19.4. The number of carbonyl (C=O) groups excluding carboxylic acids is 1. The molecule has 1 heterocycles. The smallest absolute Gasteiger partial charge is 0.243 e. The van der Waals surface area contributed by atoms with Crippen molar-refractivity contribution in [3.63, 3.8) is 0 Å². The van der Waals surface area contributed by atoms with E-state index in [0.717, 1.165) is 16.2 Å². The summed E-state index contributed by atoms with van der Waals surface area (Å²) >= 11 is 0. The molecule has 2 aromatic rings. The van der Waals surface area contributed by atoms with E-state index in [1.165, 1.54) is 24.3 Å². The lowest BCUT2D eigenvalue weighted by Crippen LogP contribution is -2.52. The van der Waals surface area contributed by atoms with Crippen molar-refractivity contribution in [1.29, 1.82) is 0 Å². The molecule has 144 valence electrons. The lowest BCUT2D eigenvalue weighted by molar-refractivity contribution is -0.129. The van der Waals surface area contributed by atoms with Crippen LogP contribution < -0.4 is 9.21 Å². The molecule has 1 saturated heterocycles. The fraction of sp³-hybridized carbons (Fsp3) is 0.316. The molecule has 0 aliphatic carbocycles. The molecule has 0 saturated carbocycles. The number of hydrogen-bond acceptors (Lipinski definition) is 4. The maximum Gasteiger partial charge on any atom is 0.243 e. The zero-order valence-electron chi connectivity index (χ0n) is 15.1. The Kier molecular flexibility index (Phi) is 5.65. The van der Waals surface area contributed by atoms with Crippen molar-refractivity contribution in [2.45, 2.75) is 0 Å². The first-order chi connectivity index (χ1) is 12.8. The van der Waals surface area contributed by atoms with Gasteiger partial charge < -0.3 is 9.80 Å². The van der Waals surface area contributed by atoms with Crippen LogP contribution in [0.2, 0.25) is 0 Å². The van der Waals surface area contributed by atoms with Crippen LogP contribution in [0.1, 0.15) is 0 Å². The standard InChI is InChI=1S/C19H22FN3O3S/c1-27(25,26)23(18-9-7-16(20)8-10-18)15-19(24)22-13-11-21(12-14-22)17-5-3-2-4-6-17/h2-10H,11-15H2,1H3. The highest BCUT2D eigenvalue weighted by atomic mass is 32.2. The van der Waals surface area contributed by atoms with E-state index in [1.54, 1.807) is 4.90 Å². The number of amides is 1. The Hall–Kier alpha value is -2.61. The minimum atomic E-state index is -3.67. The van der Waals surface area contributed by atoms with E-state index < -0.39 is 15.8 Å². The van der Waals surface area contributed by atoms with Crippen LogP contribution in [0.15, 0.2) is 54.6 Å². The molecule has 0 aromatic heterocycles. The molecular weight excluding hydrogens is 369 g/mol. The summed E-state index contributed by atoms with van der Waals surface area (Å²) in [5, 5.41) is 0. The number of benzene rings is 2. The summed E-state index contributed by atoms with van der Waals surface area (Å²) in [5.74, 6) is -0.729. The van der Waals surface area contributed by atoms with E-state index in [2.05, 4.69) is 4.90 Å². The van der Waals surface area contributed by atoms with E-state index in [-0.39, 0.29) is 18.1 Å². The number of sulfonamides is 1. The third-order valence-corrected chi connectivity index (χ3v) is 5.69. The Morgan fingerprint density at radius 1 is 1.00 bits per heavy atom. The van der Waals surface area contributed by atoms with Gasteiger partial charge in [0.2, 0.25) is 15.9 Å². The Morgan fingerprint density at radius 3 is 2.15 bits per heavy atom. The summed E-state index contributed by atoms with van der Waals surface area (Å²) < 4.78 is 38.4. The van der Waals surface area contributed by atoms with Gasteiger partial charge in [-0.1, -0.05) is 18.2 Å². The third kappa shape index (κ3) is 4.77. The van der Waals surface area contributed by atoms with E-state index in [1.807, 2.05) is 30.3 Å². The lowest BCUT2D eigenvalue weighted by Gasteiger charge is -2.37. The molecule has 1 aliphatic rings. The molecule has 0 spiro atoms. The van der Waals surface area contributed by atoms with Gasteiger partial charge in [0.25, 0.3) is 0 Å². The molecule has 1 aliphatic heterocycles. The number of nitrogens with zero attached hydrogens (tertiary/aromatic N) is 3. The predicted octanol–water partition coefficient (Wildman–Crippen LogP) is 1.94. The van der Waals surface area contributed by atoms with Crippen LogP contribution in [0.25, 0.3) is 0 Å². The van der Waals surface area contributed by atoms with Crippen LogP contribution in [0, 0.1) is 5.82 Å². The van der Waals surface area contributed by atoms with Crippen LogP contribution in [-0.2, 0) is 14.8 Å². The molecular formula is C19H22FN3O3S. The first kappa shape index (κ1) is 19.2. The van der Waals surface area contributed by atoms with Gasteiger partial charge in [-0.2, -0.15) is 0 Å². The zero-order valence-corrected chi connectivity index (χ0v) is 15.9. The normalized spacial score (nSPS) is 14.9. The molecule has 3 rings (SSSR count). The lowest BCUT2D eigenvalue weighted by atomic mass is 10.2. The van der Waals surface area contributed by atoms with Crippen LogP contribution in [-0.4, -0.2) is 58.2 Å². The van der Waals surface area contributed by atoms with E-state index in [9.17, 15) is 17.6 Å². The van der Waals surface area contributed by atoms with Crippen molar-refractivity contribution >= 4 is 27.3 Å². The highest BCUT2D eigenvalue weighted by Gasteiger charge is 2.26. The van der Waals surface area contributed by atoms with E-state index in [4.69, 9.17) is 0 Å². The Labute approximate surface area is 158 Å². The molecule has 0 radical (unpaired) electrons. The van der Waals surface area contributed by atoms with Crippen molar-refractivity contribution in [2.24, 2.45) is 0 Å². The maximum absolute atomic E-state index is 13.1. The Bertz CT molecular complexity index is 880. The molecule has 0 bridgehead atoms. The van der Waals surface area contributed by atoms with Crippen molar-refractivity contribution in [1.82, 2.24) is 4.90 Å².